The number of hydrogen-bond acceptors (Lipinski definition) is 0. The summed E-state index contributed by atoms with van der Waals surface area (Å²) in [5.74, 6) is 0. The molecule has 0 heterocycles. The Labute approximate surface area is 161 Å². The van der Waals surface area contributed by atoms with Gasteiger partial charge in [0, 0.05) is 0 Å². The number of rotatable bonds is 3. The van der Waals surface area contributed by atoms with E-state index >= 15 is 0 Å². The second-order valence-electron chi connectivity index (χ2n) is 5.54. The van der Waals surface area contributed by atoms with Crippen molar-refractivity contribution in [1.29, 1.82) is 0 Å². The number of fused-ring (bicyclic) bond motifs is 1. The van der Waals surface area contributed by atoms with Crippen molar-refractivity contribution < 1.29 is 48.0 Å². The van der Waals surface area contributed by atoms with Crippen LogP contribution in [0.2, 0.25) is 0 Å². The molecule has 0 spiro atoms. The molecule has 3 heteroatoms. The molecule has 2 aliphatic rings. The second kappa shape index (κ2) is 7.80. The van der Waals surface area contributed by atoms with E-state index in [0.29, 0.717) is 0 Å². The Bertz CT molecular complexity index is 762. The maximum absolute atomic E-state index is 2.47. The quantitative estimate of drug-likeness (QED) is 0.593. The molecule has 1 atom stereocenters. The number of benzene rings is 2. The first-order chi connectivity index (χ1) is 10.4. The first-order valence-electron chi connectivity index (χ1n) is 7.37. The van der Waals surface area contributed by atoms with Crippen LogP contribution in [0, 0.1) is 0 Å². The molecule has 2 aliphatic carbocycles. The minimum Gasteiger partial charge on any atom is -1.00 e. The Balaban J connectivity index is 0.000000960. The molecule has 2 aromatic rings. The summed E-state index contributed by atoms with van der Waals surface area (Å²) in [6.07, 6.45) is 12.8. The van der Waals surface area contributed by atoms with Crippen LogP contribution in [0.4, 0.5) is 0 Å². The van der Waals surface area contributed by atoms with Gasteiger partial charge in [-0.25, -0.2) is 0 Å². The van der Waals surface area contributed by atoms with E-state index in [-0.39, 0.29) is 27.9 Å². The van der Waals surface area contributed by atoms with Crippen LogP contribution in [-0.4, -0.2) is 0 Å². The monoisotopic (exact) mass is 416 g/mol. The van der Waals surface area contributed by atoms with E-state index in [1.165, 1.54) is 16.7 Å². The molecule has 4 rings (SSSR count). The Morgan fingerprint density at radius 2 is 1.61 bits per heavy atom. The van der Waals surface area contributed by atoms with Crippen molar-refractivity contribution in [3.63, 3.8) is 0 Å². The molecule has 0 fully saturated rings. The Morgan fingerprint density at radius 3 is 2.35 bits per heavy atom. The zero-order valence-corrected chi connectivity index (χ0v) is 16.5. The second-order valence-corrected chi connectivity index (χ2v) is 9.68. The van der Waals surface area contributed by atoms with Crippen molar-refractivity contribution in [3.05, 3.63) is 98.9 Å². The molecule has 2 aromatic carbocycles. The van der Waals surface area contributed by atoms with E-state index in [0.717, 1.165) is 6.42 Å². The third-order valence-electron chi connectivity index (χ3n) is 4.26. The third kappa shape index (κ3) is 3.34. The summed E-state index contributed by atoms with van der Waals surface area (Å²) in [6, 6.07) is 20.0. The van der Waals surface area contributed by atoms with Gasteiger partial charge in [-0.15, -0.1) is 0 Å². The molecule has 0 bridgehead atoms. The van der Waals surface area contributed by atoms with Crippen molar-refractivity contribution >= 4 is 6.08 Å². The summed E-state index contributed by atoms with van der Waals surface area (Å²) in [5.41, 5.74) is 4.37. The van der Waals surface area contributed by atoms with Gasteiger partial charge in [0.2, 0.25) is 0 Å². The van der Waals surface area contributed by atoms with Crippen LogP contribution < -0.4 is 24.8 Å². The topological polar surface area (TPSA) is 0 Å². The summed E-state index contributed by atoms with van der Waals surface area (Å²) < 4.78 is 1.85. The molecule has 23 heavy (non-hydrogen) atoms. The van der Waals surface area contributed by atoms with Gasteiger partial charge in [-0.3, -0.25) is 0 Å². The van der Waals surface area contributed by atoms with Crippen LogP contribution in [0.1, 0.15) is 23.1 Å². The van der Waals surface area contributed by atoms with Crippen LogP contribution in [-0.2, 0) is 26.4 Å². The standard InChI is InChI=1S/C15H11.C5H5.2ClH.Zr/c1-2-6-12(7-3-1)15-11-10-13-8-4-5-9-14(13)15;1-2-4-5-3-1;;;/h1-11H;1-3H,4H2;2*1H;/q;;;;+2/p-2. The smallest absolute Gasteiger partial charge is 1.00 e. The molecule has 0 radical (unpaired) electrons. The third-order valence-corrected chi connectivity index (χ3v) is 8.71. The van der Waals surface area contributed by atoms with Gasteiger partial charge >= 0.3 is 138 Å². The Hall–Kier alpha value is -0.877. The van der Waals surface area contributed by atoms with Crippen molar-refractivity contribution in [2.45, 2.75) is 9.54 Å². The van der Waals surface area contributed by atoms with Gasteiger partial charge in [0.05, 0.1) is 0 Å². The molecule has 0 aromatic heterocycles. The first kappa shape index (κ1) is 18.5. The van der Waals surface area contributed by atoms with E-state index < -0.39 is 23.2 Å². The minimum absolute atomic E-state index is 0. The predicted octanol–water partition coefficient (Wildman–Crippen LogP) is -1.11. The fraction of sp³-hybridized carbons (Fsp3) is 0.100. The minimum atomic E-state index is -0.775. The van der Waals surface area contributed by atoms with E-state index in [4.69, 9.17) is 0 Å². The molecule has 0 nitrogen and oxygen atoms in total. The Kier molecular flexibility index (Phi) is 6.26. The molecule has 0 saturated heterocycles. The van der Waals surface area contributed by atoms with Gasteiger partial charge in [-0.1, -0.05) is 0 Å². The van der Waals surface area contributed by atoms with Crippen molar-refractivity contribution in [2.75, 3.05) is 0 Å². The zero-order chi connectivity index (χ0) is 14.1. The summed E-state index contributed by atoms with van der Waals surface area (Å²) in [5, 5.41) is 0. The van der Waals surface area contributed by atoms with Crippen molar-refractivity contribution in [2.24, 2.45) is 0 Å². The van der Waals surface area contributed by atoms with Crippen LogP contribution in [0.15, 0.2) is 82.2 Å². The number of allylic oxidation sites excluding steroid dienone is 5. The zero-order valence-electron chi connectivity index (χ0n) is 12.5. The fourth-order valence-electron chi connectivity index (χ4n) is 3.23. The SMILES string of the molecule is C1=CC[C]([Zr+2][C]2(c3ccccc3)C=Cc3ccccc32)=C1.[Cl-].[Cl-]. The van der Waals surface area contributed by atoms with Crippen molar-refractivity contribution in [3.8, 4) is 0 Å². The Morgan fingerprint density at radius 1 is 0.870 bits per heavy atom. The van der Waals surface area contributed by atoms with Gasteiger partial charge < -0.3 is 24.8 Å². The van der Waals surface area contributed by atoms with Gasteiger partial charge in [-0.05, 0) is 0 Å². The molecule has 0 N–H and O–H groups in total. The van der Waals surface area contributed by atoms with Gasteiger partial charge in [0.15, 0.2) is 0 Å². The van der Waals surface area contributed by atoms with E-state index in [9.17, 15) is 0 Å². The summed E-state index contributed by atoms with van der Waals surface area (Å²) in [4.78, 5) is 0. The maximum atomic E-state index is 2.47. The van der Waals surface area contributed by atoms with Crippen LogP contribution in [0.25, 0.3) is 6.08 Å². The van der Waals surface area contributed by atoms with Gasteiger partial charge in [-0.2, -0.15) is 0 Å². The van der Waals surface area contributed by atoms with E-state index in [2.05, 4.69) is 85.0 Å². The fourth-order valence-corrected chi connectivity index (χ4v) is 7.52. The molecule has 0 amide bonds. The van der Waals surface area contributed by atoms with Crippen molar-refractivity contribution in [1.82, 2.24) is 0 Å². The number of halogens is 2. The van der Waals surface area contributed by atoms with Gasteiger partial charge in [0.25, 0.3) is 0 Å². The largest absolute Gasteiger partial charge is 1.00 e. The predicted molar refractivity (Wildman–Crippen MR) is 84.5 cm³/mol. The van der Waals surface area contributed by atoms with E-state index in [1.54, 1.807) is 3.28 Å². The summed E-state index contributed by atoms with van der Waals surface area (Å²) >= 11 is -0.775. The van der Waals surface area contributed by atoms with Crippen LogP contribution in [0.3, 0.4) is 0 Å². The van der Waals surface area contributed by atoms with E-state index in [1.807, 2.05) is 0 Å². The molecular formula is C20H16Cl2Zr. The summed E-state index contributed by atoms with van der Waals surface area (Å²) in [6.45, 7) is 0. The maximum Gasteiger partial charge on any atom is -1.00 e. The average molecular weight is 418 g/mol. The van der Waals surface area contributed by atoms with Crippen LogP contribution >= 0.6 is 0 Å². The summed E-state index contributed by atoms with van der Waals surface area (Å²) in [7, 11) is 0. The van der Waals surface area contributed by atoms with Crippen LogP contribution in [0.5, 0.6) is 0 Å². The molecule has 114 valence electrons. The molecule has 1 unspecified atom stereocenters. The number of hydrogen-bond donors (Lipinski definition) is 0. The molecule has 0 saturated carbocycles. The average Bonchev–Trinajstić information content (AvgIpc) is 3.18. The van der Waals surface area contributed by atoms with Gasteiger partial charge in [0.1, 0.15) is 0 Å². The normalized spacial score (nSPS) is 20.1. The first-order valence-corrected chi connectivity index (χ1v) is 9.82. The molecule has 0 aliphatic heterocycles. The molecular weight excluding hydrogens is 402 g/mol.